The highest BCUT2D eigenvalue weighted by Gasteiger charge is 2.22. The molecule has 0 aliphatic carbocycles. The van der Waals surface area contributed by atoms with Crippen LogP contribution >= 0.6 is 0 Å². The molecule has 2 aromatic carbocycles. The zero-order valence-electron chi connectivity index (χ0n) is 15.8. The fourth-order valence-electron chi connectivity index (χ4n) is 2.82. The molecular formula is C22H28N2O2. The molecule has 0 saturated carbocycles. The number of carbonyl (C=O) groups excluding carboxylic acids is 2. The van der Waals surface area contributed by atoms with E-state index < -0.39 is 0 Å². The van der Waals surface area contributed by atoms with E-state index in [1.54, 1.807) is 0 Å². The molecule has 0 bridgehead atoms. The van der Waals surface area contributed by atoms with Gasteiger partial charge in [-0.25, -0.2) is 0 Å². The van der Waals surface area contributed by atoms with Gasteiger partial charge in [0.1, 0.15) is 0 Å². The fourth-order valence-corrected chi connectivity index (χ4v) is 2.82. The average Bonchev–Trinajstić information content (AvgIpc) is 2.60. The minimum Gasteiger partial charge on any atom is -0.348 e. The summed E-state index contributed by atoms with van der Waals surface area (Å²) in [5.41, 5.74) is 2.08. The average molecular weight is 352 g/mol. The smallest absolute Gasteiger partial charge is 0.239 e. The Balaban J connectivity index is 1.89. The van der Waals surface area contributed by atoms with Gasteiger partial charge < -0.3 is 10.6 Å². The van der Waals surface area contributed by atoms with Gasteiger partial charge in [-0.1, -0.05) is 81.4 Å². The molecule has 0 unspecified atom stereocenters. The van der Waals surface area contributed by atoms with Crippen molar-refractivity contribution >= 4 is 11.8 Å². The zero-order chi connectivity index (χ0) is 19.0. The van der Waals surface area contributed by atoms with E-state index in [4.69, 9.17) is 0 Å². The molecule has 0 radical (unpaired) electrons. The lowest BCUT2D eigenvalue weighted by Gasteiger charge is -2.27. The summed E-state index contributed by atoms with van der Waals surface area (Å²) in [5.74, 6) is -0.331. The van der Waals surface area contributed by atoms with E-state index in [0.29, 0.717) is 0 Å². The summed E-state index contributed by atoms with van der Waals surface area (Å²) >= 11 is 0. The third-order valence-corrected chi connectivity index (χ3v) is 4.01. The number of carbonyl (C=O) groups is 2. The van der Waals surface area contributed by atoms with Gasteiger partial charge >= 0.3 is 0 Å². The molecule has 0 heterocycles. The van der Waals surface area contributed by atoms with Crippen LogP contribution in [0.5, 0.6) is 0 Å². The topological polar surface area (TPSA) is 58.2 Å². The van der Waals surface area contributed by atoms with Crippen molar-refractivity contribution in [3.63, 3.8) is 0 Å². The van der Waals surface area contributed by atoms with Crippen molar-refractivity contribution in [2.24, 2.45) is 5.41 Å². The van der Waals surface area contributed by atoms with Crippen LogP contribution in [0.25, 0.3) is 0 Å². The Bertz CT molecular complexity index is 706. The largest absolute Gasteiger partial charge is 0.348 e. The number of benzene rings is 2. The molecule has 0 aliphatic rings. The summed E-state index contributed by atoms with van der Waals surface area (Å²) in [6, 6.07) is 19.4. The maximum atomic E-state index is 12.3. The third-order valence-electron chi connectivity index (χ3n) is 4.01. The highest BCUT2D eigenvalue weighted by atomic mass is 16.2. The Labute approximate surface area is 156 Å². The van der Waals surface area contributed by atoms with Crippen LogP contribution in [0.4, 0.5) is 0 Å². The van der Waals surface area contributed by atoms with Crippen molar-refractivity contribution in [1.29, 1.82) is 0 Å². The number of amides is 2. The second-order valence-electron chi connectivity index (χ2n) is 7.73. The predicted molar refractivity (Wildman–Crippen MR) is 105 cm³/mol. The first-order valence-corrected chi connectivity index (χ1v) is 8.98. The minimum absolute atomic E-state index is 0.0147. The Kier molecular flexibility index (Phi) is 6.96. The molecule has 2 rings (SSSR count). The minimum atomic E-state index is -0.176. The Morgan fingerprint density at radius 3 is 2.04 bits per heavy atom. The molecular weight excluding hydrogens is 324 g/mol. The van der Waals surface area contributed by atoms with E-state index >= 15 is 0 Å². The van der Waals surface area contributed by atoms with E-state index in [2.05, 4.69) is 31.4 Å². The van der Waals surface area contributed by atoms with Gasteiger partial charge in [0.05, 0.1) is 19.0 Å². The van der Waals surface area contributed by atoms with E-state index in [1.165, 1.54) is 0 Å². The highest BCUT2D eigenvalue weighted by molar-refractivity contribution is 5.85. The Hall–Kier alpha value is -2.62. The number of nitrogens with one attached hydrogen (secondary N) is 2. The van der Waals surface area contributed by atoms with Gasteiger partial charge in [0, 0.05) is 0 Å². The quantitative estimate of drug-likeness (QED) is 0.799. The van der Waals surface area contributed by atoms with Gasteiger partial charge in [0.15, 0.2) is 0 Å². The van der Waals surface area contributed by atoms with E-state index in [-0.39, 0.29) is 36.2 Å². The molecule has 4 heteroatoms. The van der Waals surface area contributed by atoms with Gasteiger partial charge in [-0.15, -0.1) is 0 Å². The van der Waals surface area contributed by atoms with Crippen LogP contribution in [0.2, 0.25) is 0 Å². The van der Waals surface area contributed by atoms with Crippen LogP contribution in [0, 0.1) is 5.41 Å². The normalized spacial score (nSPS) is 12.3. The summed E-state index contributed by atoms with van der Waals surface area (Å²) < 4.78 is 0. The van der Waals surface area contributed by atoms with Crippen LogP contribution in [-0.4, -0.2) is 18.4 Å². The van der Waals surface area contributed by atoms with E-state index in [9.17, 15) is 9.59 Å². The summed E-state index contributed by atoms with van der Waals surface area (Å²) in [6.45, 7) is 6.43. The van der Waals surface area contributed by atoms with Crippen LogP contribution < -0.4 is 10.6 Å². The van der Waals surface area contributed by atoms with E-state index in [0.717, 1.165) is 17.5 Å². The predicted octanol–water partition coefficient (Wildman–Crippen LogP) is 3.64. The van der Waals surface area contributed by atoms with Crippen molar-refractivity contribution in [2.75, 3.05) is 6.54 Å². The molecule has 2 N–H and O–H groups in total. The first kappa shape index (κ1) is 19.7. The summed E-state index contributed by atoms with van der Waals surface area (Å²) in [5, 5.41) is 5.76. The van der Waals surface area contributed by atoms with Gasteiger partial charge in [-0.3, -0.25) is 9.59 Å². The fraction of sp³-hybridized carbons (Fsp3) is 0.364. The Morgan fingerprint density at radius 2 is 1.46 bits per heavy atom. The third kappa shape index (κ3) is 7.09. The van der Waals surface area contributed by atoms with Crippen LogP contribution in [0.15, 0.2) is 60.7 Å². The second kappa shape index (κ2) is 9.18. The molecule has 4 nitrogen and oxygen atoms in total. The first-order valence-electron chi connectivity index (χ1n) is 8.98. The maximum absolute atomic E-state index is 12.3. The monoisotopic (exact) mass is 352 g/mol. The number of rotatable bonds is 7. The van der Waals surface area contributed by atoms with Crippen LogP contribution in [0.1, 0.15) is 44.4 Å². The van der Waals surface area contributed by atoms with Crippen molar-refractivity contribution in [3.8, 4) is 0 Å². The standard InChI is InChI=1S/C22H28N2O2/c1-22(2,3)15-19(18-12-8-5-9-13-18)24-21(26)16-23-20(25)14-17-10-6-4-7-11-17/h4-13,19H,14-16H2,1-3H3,(H,23,25)(H,24,26)/t19-/m1/s1. The summed E-state index contributed by atoms with van der Waals surface area (Å²) in [6.07, 6.45) is 1.10. The maximum Gasteiger partial charge on any atom is 0.239 e. The molecule has 1 atom stereocenters. The highest BCUT2D eigenvalue weighted by Crippen LogP contribution is 2.29. The molecule has 0 fully saturated rings. The van der Waals surface area contributed by atoms with Crippen molar-refractivity contribution in [2.45, 2.75) is 39.7 Å². The lowest BCUT2D eigenvalue weighted by molar-refractivity contribution is -0.126. The lowest BCUT2D eigenvalue weighted by Crippen LogP contribution is -2.40. The zero-order valence-corrected chi connectivity index (χ0v) is 15.8. The number of hydrogen-bond acceptors (Lipinski definition) is 2. The summed E-state index contributed by atoms with van der Waals surface area (Å²) in [4.78, 5) is 24.4. The molecule has 26 heavy (non-hydrogen) atoms. The first-order chi connectivity index (χ1) is 12.3. The number of hydrogen-bond donors (Lipinski definition) is 2. The Morgan fingerprint density at radius 1 is 0.885 bits per heavy atom. The van der Waals surface area contributed by atoms with Crippen LogP contribution in [0.3, 0.4) is 0 Å². The van der Waals surface area contributed by atoms with Gasteiger partial charge in [0.25, 0.3) is 0 Å². The molecule has 0 aromatic heterocycles. The molecule has 138 valence electrons. The van der Waals surface area contributed by atoms with E-state index in [1.807, 2.05) is 60.7 Å². The summed E-state index contributed by atoms with van der Waals surface area (Å²) in [7, 11) is 0. The van der Waals surface area contributed by atoms with Crippen molar-refractivity contribution < 1.29 is 9.59 Å². The molecule has 0 aliphatic heterocycles. The molecule has 0 saturated heterocycles. The molecule has 2 aromatic rings. The van der Waals surface area contributed by atoms with Gasteiger partial charge in [0.2, 0.25) is 11.8 Å². The van der Waals surface area contributed by atoms with Crippen molar-refractivity contribution in [3.05, 3.63) is 71.8 Å². The SMILES string of the molecule is CC(C)(C)C[C@@H](NC(=O)CNC(=O)Cc1ccccc1)c1ccccc1. The molecule has 0 spiro atoms. The van der Waals surface area contributed by atoms with Crippen LogP contribution in [-0.2, 0) is 16.0 Å². The van der Waals surface area contributed by atoms with Crippen molar-refractivity contribution in [1.82, 2.24) is 10.6 Å². The lowest BCUT2D eigenvalue weighted by atomic mass is 9.85. The molecule has 2 amide bonds. The second-order valence-corrected chi connectivity index (χ2v) is 7.73. The van der Waals surface area contributed by atoms with Gasteiger partial charge in [-0.2, -0.15) is 0 Å². The van der Waals surface area contributed by atoms with Gasteiger partial charge in [-0.05, 0) is 23.0 Å².